The van der Waals surface area contributed by atoms with Crippen molar-refractivity contribution in [1.29, 1.82) is 0 Å². The van der Waals surface area contributed by atoms with Gasteiger partial charge in [-0.3, -0.25) is 4.57 Å². The van der Waals surface area contributed by atoms with E-state index in [2.05, 4.69) is 9.97 Å². The summed E-state index contributed by atoms with van der Waals surface area (Å²) in [5, 5.41) is 27.1. The number of aromatic nitrogens is 3. The molecule has 1 aromatic heterocycles. The molecule has 0 saturated heterocycles. The Morgan fingerprint density at radius 3 is 2.67 bits per heavy atom. The van der Waals surface area contributed by atoms with Crippen LogP contribution in [0.5, 0.6) is 0 Å². The van der Waals surface area contributed by atoms with Gasteiger partial charge in [-0.15, -0.1) is 0 Å². The number of aliphatic hydroxyl groups excluding tert-OH is 3. The third-order valence-corrected chi connectivity index (χ3v) is 2.31. The molecule has 1 heterocycles. The van der Waals surface area contributed by atoms with E-state index in [0.29, 0.717) is 0 Å². The Bertz CT molecular complexity index is 442. The summed E-state index contributed by atoms with van der Waals surface area (Å²) in [6.45, 7) is -1.07. The molecule has 0 bridgehead atoms. The summed E-state index contributed by atoms with van der Waals surface area (Å²) in [6.07, 6.45) is -1.94. The van der Waals surface area contributed by atoms with Crippen molar-refractivity contribution in [3.8, 4) is 0 Å². The fourth-order valence-electron chi connectivity index (χ4n) is 1.30. The summed E-state index contributed by atoms with van der Waals surface area (Å²) in [7, 11) is 1.51. The second kappa shape index (κ2) is 6.45. The van der Waals surface area contributed by atoms with Crippen LogP contribution in [0.3, 0.4) is 0 Å². The smallest absolute Gasteiger partial charge is 0.353 e. The molecule has 2 unspecified atom stereocenters. The lowest BCUT2D eigenvalue weighted by atomic mass is 10.1. The van der Waals surface area contributed by atoms with Gasteiger partial charge in [0.1, 0.15) is 24.7 Å². The largest absolute Gasteiger partial charge is 0.394 e. The van der Waals surface area contributed by atoms with Crippen molar-refractivity contribution in [3.05, 3.63) is 16.8 Å². The average Bonchev–Trinajstić information content (AvgIpc) is 2.34. The molecule has 0 spiro atoms. The number of hydrogen-bond donors (Lipinski definition) is 4. The maximum absolute atomic E-state index is 11.5. The van der Waals surface area contributed by atoms with Crippen LogP contribution >= 0.6 is 0 Å². The second-order valence-electron chi connectivity index (χ2n) is 3.61. The minimum Gasteiger partial charge on any atom is -0.394 e. The molecule has 0 aromatic carbocycles. The Labute approximate surface area is 103 Å². The predicted octanol–water partition coefficient (Wildman–Crippen LogP) is -3.96. The maximum atomic E-state index is 11.5. The van der Waals surface area contributed by atoms with E-state index in [4.69, 9.17) is 20.7 Å². The molecule has 0 amide bonds. The Morgan fingerprint density at radius 1 is 1.50 bits per heavy atom. The van der Waals surface area contributed by atoms with E-state index in [0.717, 1.165) is 10.9 Å². The monoisotopic (exact) mass is 258 g/mol. The molecule has 18 heavy (non-hydrogen) atoms. The molecule has 0 aliphatic heterocycles. The van der Waals surface area contributed by atoms with Crippen molar-refractivity contribution in [2.75, 3.05) is 18.9 Å². The van der Waals surface area contributed by atoms with Gasteiger partial charge in [-0.1, -0.05) is 0 Å². The summed E-state index contributed by atoms with van der Waals surface area (Å²) < 4.78 is 6.29. The third-order valence-electron chi connectivity index (χ3n) is 2.31. The van der Waals surface area contributed by atoms with Gasteiger partial charge < -0.3 is 25.8 Å². The van der Waals surface area contributed by atoms with Gasteiger partial charge in [0.15, 0.2) is 7.85 Å². The highest BCUT2D eigenvalue weighted by Gasteiger charge is 2.22. The number of aliphatic hydroxyl groups is 3. The van der Waals surface area contributed by atoms with Crippen LogP contribution in [0.4, 0.5) is 5.95 Å². The zero-order valence-electron chi connectivity index (χ0n) is 9.80. The van der Waals surface area contributed by atoms with Crippen molar-refractivity contribution >= 4 is 13.8 Å². The number of nitrogens with two attached hydrogens (primary N) is 1. The molecule has 100 valence electrons. The van der Waals surface area contributed by atoms with Crippen molar-refractivity contribution in [2.45, 2.75) is 18.3 Å². The number of rotatable bonds is 6. The van der Waals surface area contributed by atoms with Gasteiger partial charge in [0.2, 0.25) is 5.95 Å². The van der Waals surface area contributed by atoms with E-state index in [1.165, 1.54) is 7.85 Å². The molecular weight excluding hydrogens is 243 g/mol. The summed E-state index contributed by atoms with van der Waals surface area (Å²) in [6, 6.07) is 0. The predicted molar refractivity (Wildman–Crippen MR) is 63.3 cm³/mol. The lowest BCUT2D eigenvalue weighted by Crippen LogP contribution is -2.39. The average molecular weight is 258 g/mol. The quantitative estimate of drug-likeness (QED) is 0.378. The van der Waals surface area contributed by atoms with Crippen molar-refractivity contribution in [1.82, 2.24) is 14.5 Å². The first-order chi connectivity index (χ1) is 8.49. The summed E-state index contributed by atoms with van der Waals surface area (Å²) in [4.78, 5) is 18.5. The number of nitrogens with zero attached hydrogens (tertiary/aromatic N) is 3. The Hall–Kier alpha value is -1.49. The SMILES string of the molecule is B[C@@H](OC(CO)C(O)CO)n1cnc(N)nc1=O. The maximum Gasteiger partial charge on any atom is 0.353 e. The van der Waals surface area contributed by atoms with Crippen LogP contribution in [0.25, 0.3) is 0 Å². The van der Waals surface area contributed by atoms with Crippen LogP contribution in [-0.4, -0.2) is 63.1 Å². The van der Waals surface area contributed by atoms with Gasteiger partial charge in [-0.25, -0.2) is 9.78 Å². The van der Waals surface area contributed by atoms with Crippen LogP contribution in [0.15, 0.2) is 11.1 Å². The molecule has 9 nitrogen and oxygen atoms in total. The first-order valence-electron chi connectivity index (χ1n) is 5.25. The lowest BCUT2D eigenvalue weighted by molar-refractivity contribution is -0.108. The molecule has 0 aliphatic rings. The van der Waals surface area contributed by atoms with Gasteiger partial charge in [-0.05, 0) is 0 Å². The van der Waals surface area contributed by atoms with Crippen LogP contribution in [0.2, 0.25) is 0 Å². The van der Waals surface area contributed by atoms with E-state index >= 15 is 0 Å². The van der Waals surface area contributed by atoms with Gasteiger partial charge >= 0.3 is 5.69 Å². The summed E-state index contributed by atoms with van der Waals surface area (Å²) in [5.41, 5.74) is 4.57. The molecule has 1 aromatic rings. The molecule has 0 radical (unpaired) electrons. The zero-order valence-corrected chi connectivity index (χ0v) is 9.80. The van der Waals surface area contributed by atoms with Crippen LogP contribution in [0, 0.1) is 0 Å². The van der Waals surface area contributed by atoms with Crippen molar-refractivity contribution < 1.29 is 20.1 Å². The number of ether oxygens (including phenoxy) is 1. The summed E-state index contributed by atoms with van der Waals surface area (Å²) >= 11 is 0. The fourth-order valence-corrected chi connectivity index (χ4v) is 1.30. The summed E-state index contributed by atoms with van der Waals surface area (Å²) in [5.74, 6) is -0.155. The minimum atomic E-state index is -1.25. The Morgan fingerprint density at radius 2 is 2.17 bits per heavy atom. The number of anilines is 1. The molecule has 0 saturated carbocycles. The number of hydrogen-bond acceptors (Lipinski definition) is 8. The number of nitrogen functional groups attached to an aromatic ring is 1. The van der Waals surface area contributed by atoms with E-state index in [9.17, 15) is 9.90 Å². The van der Waals surface area contributed by atoms with Gasteiger partial charge in [0.25, 0.3) is 0 Å². The van der Waals surface area contributed by atoms with Gasteiger partial charge in [0, 0.05) is 0 Å². The van der Waals surface area contributed by atoms with Gasteiger partial charge in [0.05, 0.1) is 13.2 Å². The Kier molecular flexibility index (Phi) is 5.22. The molecule has 0 aliphatic carbocycles. The minimum absolute atomic E-state index is 0.155. The van der Waals surface area contributed by atoms with E-state index in [1.54, 1.807) is 0 Å². The zero-order chi connectivity index (χ0) is 13.7. The van der Waals surface area contributed by atoms with Crippen molar-refractivity contribution in [3.63, 3.8) is 0 Å². The third kappa shape index (κ3) is 3.50. The lowest BCUT2D eigenvalue weighted by Gasteiger charge is -2.24. The fraction of sp³-hybridized carbons (Fsp3) is 0.625. The normalized spacial score (nSPS) is 16.2. The van der Waals surface area contributed by atoms with Crippen LogP contribution < -0.4 is 11.4 Å². The standard InChI is InChI=1S/C8H15BN4O5/c9-6(18-5(2-15)4(16)1-14)13-3-11-7(10)12-8(13)17/h3-6,14-16H,1-2,9H2,(H2,10,12,17)/t4?,5?,6-/m1/s1. The van der Waals surface area contributed by atoms with E-state index in [-0.39, 0.29) is 5.95 Å². The van der Waals surface area contributed by atoms with Crippen LogP contribution in [-0.2, 0) is 4.74 Å². The first kappa shape index (κ1) is 14.6. The molecule has 5 N–H and O–H groups in total. The molecule has 1 rings (SSSR count). The van der Waals surface area contributed by atoms with Gasteiger partial charge in [-0.2, -0.15) is 4.98 Å². The molecule has 10 heteroatoms. The highest BCUT2D eigenvalue weighted by Crippen LogP contribution is 2.07. The van der Waals surface area contributed by atoms with Crippen LogP contribution in [0.1, 0.15) is 6.13 Å². The van der Waals surface area contributed by atoms with Crippen molar-refractivity contribution in [2.24, 2.45) is 0 Å². The second-order valence-corrected chi connectivity index (χ2v) is 3.61. The van der Waals surface area contributed by atoms with E-state index < -0.39 is 37.2 Å². The topological polar surface area (TPSA) is 144 Å². The van der Waals surface area contributed by atoms with E-state index in [1.807, 2.05) is 0 Å². The molecular formula is C8H15BN4O5. The highest BCUT2D eigenvalue weighted by atomic mass is 16.5. The molecule has 0 fully saturated rings. The highest BCUT2D eigenvalue weighted by molar-refractivity contribution is 6.09. The first-order valence-corrected chi connectivity index (χ1v) is 5.25. The Balaban J connectivity index is 2.81. The molecule has 3 atom stereocenters.